The minimum atomic E-state index is -0.674. The average Bonchev–Trinajstić information content (AvgIpc) is 3.08. The molecule has 0 amide bonds. The lowest BCUT2D eigenvalue weighted by molar-refractivity contribution is 0.122. The number of alkyl halides is 1. The maximum Gasteiger partial charge on any atom is 0.229 e. The quantitative estimate of drug-likeness (QED) is 0.620. The van der Waals surface area contributed by atoms with E-state index in [1.165, 1.54) is 0 Å². The number of hydrogen-bond donors (Lipinski definition) is 0. The van der Waals surface area contributed by atoms with Crippen LogP contribution in [0.4, 0.5) is 10.2 Å². The zero-order chi connectivity index (χ0) is 19.1. The number of rotatable bonds is 3. The molecule has 5 rings (SSSR count). The highest BCUT2D eigenvalue weighted by Gasteiger charge is 2.23. The molecule has 0 radical (unpaired) electrons. The Balaban J connectivity index is 1.52. The summed E-state index contributed by atoms with van der Waals surface area (Å²) in [5.41, 5.74) is 2.85. The van der Waals surface area contributed by atoms with Gasteiger partial charge < -0.3 is 14.1 Å². The predicted molar refractivity (Wildman–Crippen MR) is 105 cm³/mol. The minimum Gasteiger partial charge on any atom is -0.432 e. The number of halogens is 2. The van der Waals surface area contributed by atoms with E-state index in [1.54, 1.807) is 0 Å². The number of fused-ring (bicyclic) bond motifs is 3. The van der Waals surface area contributed by atoms with Gasteiger partial charge in [0.1, 0.15) is 11.7 Å². The first-order valence-corrected chi connectivity index (χ1v) is 9.99. The molecule has 2 aliphatic rings. The monoisotopic (exact) mass is 405 g/mol. The SMILES string of the molecule is FC1CCN(Cc2cnc3oc4c(N5CCOCC5)nc(Cl)nc4c3c2)CC1. The number of pyridine rings is 1. The predicted octanol–water partition coefficient (Wildman–Crippen LogP) is 3.19. The molecule has 7 nitrogen and oxygen atoms in total. The Kier molecular flexibility index (Phi) is 4.78. The summed E-state index contributed by atoms with van der Waals surface area (Å²) < 4.78 is 24.8. The van der Waals surface area contributed by atoms with Gasteiger partial charge in [0, 0.05) is 38.9 Å². The molecule has 9 heteroatoms. The van der Waals surface area contributed by atoms with Gasteiger partial charge in [-0.1, -0.05) is 0 Å². The van der Waals surface area contributed by atoms with Crippen molar-refractivity contribution in [3.8, 4) is 0 Å². The second-order valence-corrected chi connectivity index (χ2v) is 7.68. The van der Waals surface area contributed by atoms with E-state index in [0.29, 0.717) is 48.7 Å². The molecule has 0 unspecified atom stereocenters. The van der Waals surface area contributed by atoms with Gasteiger partial charge in [0.2, 0.25) is 11.0 Å². The Morgan fingerprint density at radius 3 is 2.71 bits per heavy atom. The van der Waals surface area contributed by atoms with E-state index >= 15 is 0 Å². The summed E-state index contributed by atoms with van der Waals surface area (Å²) >= 11 is 6.22. The fourth-order valence-electron chi connectivity index (χ4n) is 3.93. The zero-order valence-electron chi connectivity index (χ0n) is 15.4. The maximum absolute atomic E-state index is 13.4. The Labute approximate surface area is 166 Å². The molecule has 0 bridgehead atoms. The number of aromatic nitrogens is 3. The van der Waals surface area contributed by atoms with Gasteiger partial charge in [0.25, 0.3) is 0 Å². The Bertz CT molecular complexity index is 999. The van der Waals surface area contributed by atoms with E-state index in [4.69, 9.17) is 20.8 Å². The largest absolute Gasteiger partial charge is 0.432 e. The zero-order valence-corrected chi connectivity index (χ0v) is 16.2. The van der Waals surface area contributed by atoms with E-state index in [9.17, 15) is 4.39 Å². The van der Waals surface area contributed by atoms with Crippen LogP contribution in [0.2, 0.25) is 5.28 Å². The number of likely N-dealkylation sites (tertiary alicyclic amines) is 1. The molecule has 0 aliphatic carbocycles. The second kappa shape index (κ2) is 7.42. The molecular formula is C19H21ClFN5O2. The van der Waals surface area contributed by atoms with Gasteiger partial charge >= 0.3 is 0 Å². The van der Waals surface area contributed by atoms with Crippen molar-refractivity contribution in [1.29, 1.82) is 0 Å². The third kappa shape index (κ3) is 3.40. The number of anilines is 1. The summed E-state index contributed by atoms with van der Waals surface area (Å²) in [5.74, 6) is 0.683. The molecule has 3 aromatic heterocycles. The van der Waals surface area contributed by atoms with E-state index in [0.717, 1.165) is 43.7 Å². The van der Waals surface area contributed by atoms with Crippen LogP contribution in [0.1, 0.15) is 18.4 Å². The van der Waals surface area contributed by atoms with Crippen LogP contribution in [0.25, 0.3) is 22.2 Å². The van der Waals surface area contributed by atoms with Crippen LogP contribution in [0.5, 0.6) is 0 Å². The topological polar surface area (TPSA) is 67.5 Å². The molecule has 28 heavy (non-hydrogen) atoms. The lowest BCUT2D eigenvalue weighted by atomic mass is 10.1. The number of furan rings is 1. The average molecular weight is 406 g/mol. The van der Waals surface area contributed by atoms with E-state index in [-0.39, 0.29) is 5.28 Å². The van der Waals surface area contributed by atoms with Crippen molar-refractivity contribution >= 4 is 39.6 Å². The van der Waals surface area contributed by atoms with Crippen LogP contribution < -0.4 is 4.90 Å². The van der Waals surface area contributed by atoms with E-state index in [2.05, 4.69) is 24.8 Å². The standard InChI is InChI=1S/C19H21ClFN5O2/c20-19-23-15-14-9-12(11-25-3-1-13(21)2-4-25)10-22-18(14)28-16(15)17(24-19)26-5-7-27-8-6-26/h9-10,13H,1-8,11H2. The summed E-state index contributed by atoms with van der Waals surface area (Å²) in [6, 6.07) is 2.04. The number of piperidine rings is 1. The fraction of sp³-hybridized carbons (Fsp3) is 0.526. The highest BCUT2D eigenvalue weighted by molar-refractivity contribution is 6.29. The molecule has 3 aromatic rings. The Morgan fingerprint density at radius 2 is 1.93 bits per heavy atom. The highest BCUT2D eigenvalue weighted by atomic mass is 35.5. The number of ether oxygens (including phenoxy) is 1. The Morgan fingerprint density at radius 1 is 1.14 bits per heavy atom. The van der Waals surface area contributed by atoms with Gasteiger partial charge in [-0.3, -0.25) is 4.90 Å². The van der Waals surface area contributed by atoms with Gasteiger partial charge in [-0.15, -0.1) is 0 Å². The summed E-state index contributed by atoms with van der Waals surface area (Å²) in [6.45, 7) is 4.99. The Hall–Kier alpha value is -2.03. The first-order chi connectivity index (χ1) is 13.7. The smallest absolute Gasteiger partial charge is 0.229 e. The van der Waals surface area contributed by atoms with Gasteiger partial charge in [0.05, 0.1) is 18.6 Å². The number of nitrogens with zero attached hydrogens (tertiary/aromatic N) is 5. The molecule has 0 spiro atoms. The lowest BCUT2D eigenvalue weighted by Gasteiger charge is -2.28. The molecule has 2 saturated heterocycles. The second-order valence-electron chi connectivity index (χ2n) is 7.34. The van der Waals surface area contributed by atoms with Crippen LogP contribution in [-0.2, 0) is 11.3 Å². The van der Waals surface area contributed by atoms with E-state index in [1.807, 2.05) is 12.3 Å². The van der Waals surface area contributed by atoms with Crippen LogP contribution in [0.3, 0.4) is 0 Å². The van der Waals surface area contributed by atoms with Crippen molar-refractivity contribution in [3.63, 3.8) is 0 Å². The molecule has 0 aromatic carbocycles. The van der Waals surface area contributed by atoms with Crippen molar-refractivity contribution in [3.05, 3.63) is 23.1 Å². The van der Waals surface area contributed by atoms with Crippen molar-refractivity contribution in [2.24, 2.45) is 0 Å². The number of morpholine rings is 1. The third-order valence-electron chi connectivity index (χ3n) is 5.42. The molecule has 148 valence electrons. The lowest BCUT2D eigenvalue weighted by Crippen LogP contribution is -2.36. The molecule has 0 N–H and O–H groups in total. The van der Waals surface area contributed by atoms with Crippen molar-refractivity contribution < 1.29 is 13.5 Å². The molecule has 0 saturated carbocycles. The first-order valence-electron chi connectivity index (χ1n) is 9.61. The van der Waals surface area contributed by atoms with Crippen LogP contribution in [-0.4, -0.2) is 65.4 Å². The summed E-state index contributed by atoms with van der Waals surface area (Å²) in [5, 5.41) is 1.01. The van der Waals surface area contributed by atoms with E-state index < -0.39 is 6.17 Å². The normalized spacial score (nSPS) is 19.7. The van der Waals surface area contributed by atoms with Crippen molar-refractivity contribution in [1.82, 2.24) is 19.9 Å². The summed E-state index contributed by atoms with van der Waals surface area (Å²) in [4.78, 5) is 17.7. The molecule has 2 aliphatic heterocycles. The first kappa shape index (κ1) is 18.0. The summed E-state index contributed by atoms with van der Waals surface area (Å²) in [6.07, 6.45) is 2.33. The maximum atomic E-state index is 13.4. The van der Waals surface area contributed by atoms with Crippen molar-refractivity contribution in [2.75, 3.05) is 44.3 Å². The third-order valence-corrected chi connectivity index (χ3v) is 5.58. The van der Waals surface area contributed by atoms with Crippen LogP contribution >= 0.6 is 11.6 Å². The van der Waals surface area contributed by atoms with Crippen LogP contribution in [0, 0.1) is 0 Å². The molecule has 2 fully saturated rings. The van der Waals surface area contributed by atoms with Gasteiger partial charge in [-0.25, -0.2) is 14.4 Å². The number of hydrogen-bond acceptors (Lipinski definition) is 7. The minimum absolute atomic E-state index is 0.187. The van der Waals surface area contributed by atoms with Crippen molar-refractivity contribution in [2.45, 2.75) is 25.6 Å². The molecular weight excluding hydrogens is 385 g/mol. The van der Waals surface area contributed by atoms with Gasteiger partial charge in [0.15, 0.2) is 11.4 Å². The van der Waals surface area contributed by atoms with Gasteiger partial charge in [-0.05, 0) is 36.1 Å². The van der Waals surface area contributed by atoms with Crippen LogP contribution in [0.15, 0.2) is 16.7 Å². The molecule has 5 heterocycles. The highest BCUT2D eigenvalue weighted by Crippen LogP contribution is 2.34. The van der Waals surface area contributed by atoms with Gasteiger partial charge in [-0.2, -0.15) is 4.98 Å². The summed E-state index contributed by atoms with van der Waals surface area (Å²) in [7, 11) is 0. The molecule has 0 atom stereocenters. The fourth-order valence-corrected chi connectivity index (χ4v) is 4.09.